The Hall–Kier alpha value is -0.850. The van der Waals surface area contributed by atoms with E-state index in [1.807, 2.05) is 0 Å². The van der Waals surface area contributed by atoms with Crippen molar-refractivity contribution in [2.75, 3.05) is 0 Å². The van der Waals surface area contributed by atoms with Gasteiger partial charge in [-0.25, -0.2) is 5.14 Å². The molecule has 0 fully saturated rings. The maximum absolute atomic E-state index is 10.6. The van der Waals surface area contributed by atoms with E-state index in [1.54, 1.807) is 13.0 Å². The summed E-state index contributed by atoms with van der Waals surface area (Å²) in [5, 5.41) is 4.77. The first-order valence-electron chi connectivity index (χ1n) is 3.31. The van der Waals surface area contributed by atoms with E-state index in [0.717, 1.165) is 5.56 Å². The van der Waals surface area contributed by atoms with Crippen LogP contribution in [0.1, 0.15) is 18.5 Å². The number of nitrogens with two attached hydrogens (primary N) is 1. The fourth-order valence-corrected chi connectivity index (χ4v) is 1.46. The predicted octanol–water partition coefficient (Wildman–Crippen LogP) is 0.134. The first-order chi connectivity index (χ1) is 5.49. The minimum atomic E-state index is -3.64. The maximum Gasteiger partial charge on any atom is 0.274 e. The Morgan fingerprint density at radius 3 is 2.75 bits per heavy atom. The van der Waals surface area contributed by atoms with Crippen molar-refractivity contribution < 1.29 is 12.8 Å². The van der Waals surface area contributed by atoms with E-state index in [0.29, 0.717) is 0 Å². The maximum atomic E-state index is 10.6. The Kier molecular flexibility index (Phi) is 2.51. The monoisotopic (exact) mass is 190 g/mol. The highest BCUT2D eigenvalue weighted by Gasteiger charge is 2.11. The molecule has 3 N–H and O–H groups in total. The molecule has 0 aliphatic carbocycles. The van der Waals surface area contributed by atoms with Crippen LogP contribution >= 0.6 is 0 Å². The Balaban J connectivity index is 2.68. The van der Waals surface area contributed by atoms with Gasteiger partial charge >= 0.3 is 0 Å². The summed E-state index contributed by atoms with van der Waals surface area (Å²) in [5.74, 6) is 0. The molecule has 1 rings (SSSR count). The van der Waals surface area contributed by atoms with Gasteiger partial charge in [-0.15, -0.1) is 0 Å². The highest BCUT2D eigenvalue weighted by molar-refractivity contribution is 7.87. The standard InChI is InChI=1S/C6H10N2O3S/c1-5(8-12(7,9)10)6-2-3-11-4-6/h2-5,8H,1H3,(H2,7,9,10). The van der Waals surface area contributed by atoms with Crippen LogP contribution in [-0.4, -0.2) is 8.42 Å². The molecule has 6 heteroatoms. The molecule has 1 heterocycles. The van der Waals surface area contributed by atoms with E-state index in [4.69, 9.17) is 9.56 Å². The van der Waals surface area contributed by atoms with Crippen molar-refractivity contribution in [3.63, 3.8) is 0 Å². The quantitative estimate of drug-likeness (QED) is 0.710. The van der Waals surface area contributed by atoms with Crippen molar-refractivity contribution in [3.05, 3.63) is 24.2 Å². The molecule has 0 saturated heterocycles. The molecule has 0 radical (unpaired) electrons. The average Bonchev–Trinajstić information content (AvgIpc) is 2.32. The second-order valence-electron chi connectivity index (χ2n) is 2.44. The summed E-state index contributed by atoms with van der Waals surface area (Å²) in [4.78, 5) is 0. The summed E-state index contributed by atoms with van der Waals surface area (Å²) in [6.45, 7) is 1.68. The Morgan fingerprint density at radius 1 is 1.67 bits per heavy atom. The van der Waals surface area contributed by atoms with E-state index in [-0.39, 0.29) is 6.04 Å². The highest BCUT2D eigenvalue weighted by Crippen LogP contribution is 2.11. The molecule has 1 aromatic rings. The van der Waals surface area contributed by atoms with Gasteiger partial charge in [0.1, 0.15) is 0 Å². The SMILES string of the molecule is CC(NS(N)(=O)=O)c1ccoc1. The molecular weight excluding hydrogens is 180 g/mol. The second kappa shape index (κ2) is 3.26. The van der Waals surface area contributed by atoms with Crippen LogP contribution in [0, 0.1) is 0 Å². The van der Waals surface area contributed by atoms with Gasteiger partial charge in [-0.2, -0.15) is 13.1 Å². The Bertz CT molecular complexity index is 330. The largest absolute Gasteiger partial charge is 0.472 e. The van der Waals surface area contributed by atoms with Crippen LogP contribution in [0.25, 0.3) is 0 Å². The summed E-state index contributed by atoms with van der Waals surface area (Å²) in [7, 11) is -3.64. The lowest BCUT2D eigenvalue weighted by Crippen LogP contribution is -2.32. The second-order valence-corrected chi connectivity index (χ2v) is 3.77. The minimum absolute atomic E-state index is 0.362. The van der Waals surface area contributed by atoms with Gasteiger partial charge in [0.15, 0.2) is 0 Å². The van der Waals surface area contributed by atoms with Gasteiger partial charge in [-0.3, -0.25) is 0 Å². The van der Waals surface area contributed by atoms with Crippen LogP contribution in [0.4, 0.5) is 0 Å². The van der Waals surface area contributed by atoms with Crippen molar-refractivity contribution in [3.8, 4) is 0 Å². The first kappa shape index (κ1) is 9.24. The molecule has 0 aliphatic rings. The van der Waals surface area contributed by atoms with Crippen molar-refractivity contribution in [2.45, 2.75) is 13.0 Å². The van der Waals surface area contributed by atoms with E-state index in [1.165, 1.54) is 12.5 Å². The molecule has 0 bridgehead atoms. The molecule has 1 unspecified atom stereocenters. The molecule has 0 aromatic carbocycles. The van der Waals surface area contributed by atoms with Crippen molar-refractivity contribution >= 4 is 10.2 Å². The molecule has 12 heavy (non-hydrogen) atoms. The fourth-order valence-electron chi connectivity index (χ4n) is 0.836. The van der Waals surface area contributed by atoms with Gasteiger partial charge in [-0.1, -0.05) is 0 Å². The van der Waals surface area contributed by atoms with Crippen LogP contribution in [0.3, 0.4) is 0 Å². The molecule has 5 nitrogen and oxygen atoms in total. The summed E-state index contributed by atoms with van der Waals surface area (Å²) in [6.07, 6.45) is 2.93. The van der Waals surface area contributed by atoms with E-state index in [9.17, 15) is 8.42 Å². The van der Waals surface area contributed by atoms with E-state index in [2.05, 4.69) is 4.72 Å². The molecule has 0 aliphatic heterocycles. The number of furan rings is 1. The lowest BCUT2D eigenvalue weighted by molar-refractivity contribution is 0.550. The van der Waals surface area contributed by atoms with Crippen LogP contribution in [0.5, 0.6) is 0 Å². The minimum Gasteiger partial charge on any atom is -0.472 e. The Labute approximate surface area is 70.7 Å². The van der Waals surface area contributed by atoms with Gasteiger partial charge < -0.3 is 4.42 Å². The van der Waals surface area contributed by atoms with Crippen LogP contribution in [0.15, 0.2) is 23.0 Å². The lowest BCUT2D eigenvalue weighted by Gasteiger charge is -2.08. The van der Waals surface area contributed by atoms with Gasteiger partial charge in [0, 0.05) is 11.6 Å². The zero-order chi connectivity index (χ0) is 9.19. The zero-order valence-corrected chi connectivity index (χ0v) is 7.34. The third-order valence-corrected chi connectivity index (χ3v) is 2.07. The fraction of sp³-hybridized carbons (Fsp3) is 0.333. The average molecular weight is 190 g/mol. The summed E-state index contributed by atoms with van der Waals surface area (Å²) in [5.41, 5.74) is 0.740. The topological polar surface area (TPSA) is 85.3 Å². The molecule has 0 saturated carbocycles. The molecule has 68 valence electrons. The van der Waals surface area contributed by atoms with Gasteiger partial charge in [-0.05, 0) is 13.0 Å². The molecular formula is C6H10N2O3S. The smallest absolute Gasteiger partial charge is 0.274 e. The van der Waals surface area contributed by atoms with Crippen LogP contribution < -0.4 is 9.86 Å². The first-order valence-corrected chi connectivity index (χ1v) is 4.86. The van der Waals surface area contributed by atoms with Crippen LogP contribution in [0.2, 0.25) is 0 Å². The summed E-state index contributed by atoms with van der Waals surface area (Å²) < 4.78 is 28.1. The van der Waals surface area contributed by atoms with Gasteiger partial charge in [0.05, 0.1) is 12.5 Å². The normalized spacial score (nSPS) is 14.5. The summed E-state index contributed by atoms with van der Waals surface area (Å²) in [6, 6.07) is 1.31. The summed E-state index contributed by atoms with van der Waals surface area (Å²) >= 11 is 0. The van der Waals surface area contributed by atoms with Crippen molar-refractivity contribution in [1.29, 1.82) is 0 Å². The third kappa shape index (κ3) is 2.65. The third-order valence-electron chi connectivity index (χ3n) is 1.38. The van der Waals surface area contributed by atoms with Crippen LogP contribution in [-0.2, 0) is 10.2 Å². The van der Waals surface area contributed by atoms with Gasteiger partial charge in [0.25, 0.3) is 10.2 Å². The van der Waals surface area contributed by atoms with Crippen molar-refractivity contribution in [2.24, 2.45) is 5.14 Å². The lowest BCUT2D eigenvalue weighted by atomic mass is 10.2. The number of hydrogen-bond acceptors (Lipinski definition) is 3. The molecule has 1 aromatic heterocycles. The highest BCUT2D eigenvalue weighted by atomic mass is 32.2. The number of hydrogen-bond donors (Lipinski definition) is 2. The van der Waals surface area contributed by atoms with Crippen molar-refractivity contribution in [1.82, 2.24) is 4.72 Å². The number of nitrogens with one attached hydrogen (secondary N) is 1. The van der Waals surface area contributed by atoms with Gasteiger partial charge in [0.2, 0.25) is 0 Å². The Morgan fingerprint density at radius 2 is 2.33 bits per heavy atom. The molecule has 0 amide bonds. The predicted molar refractivity (Wildman–Crippen MR) is 43.4 cm³/mol. The molecule has 1 atom stereocenters. The molecule has 0 spiro atoms. The van der Waals surface area contributed by atoms with E-state index >= 15 is 0 Å². The number of rotatable bonds is 3. The van der Waals surface area contributed by atoms with E-state index < -0.39 is 10.2 Å². The zero-order valence-electron chi connectivity index (χ0n) is 6.52.